The fourth-order valence-corrected chi connectivity index (χ4v) is 3.88. The van der Waals surface area contributed by atoms with Gasteiger partial charge in [-0.25, -0.2) is 0 Å². The summed E-state index contributed by atoms with van der Waals surface area (Å²) in [5.41, 5.74) is 10.6. The Morgan fingerprint density at radius 1 is 1.03 bits per heavy atom. The van der Waals surface area contributed by atoms with Crippen molar-refractivity contribution in [2.75, 3.05) is 6.54 Å². The van der Waals surface area contributed by atoms with Gasteiger partial charge in [0, 0.05) is 20.0 Å². The molecule has 2 rings (SSSR count). The number of carbonyl (C=O) groups is 4. The minimum Gasteiger partial charge on any atom is -0.370 e. The summed E-state index contributed by atoms with van der Waals surface area (Å²) in [6.45, 7) is 3.77. The molecule has 192 valence electrons. The maximum absolute atomic E-state index is 13.1. The highest BCUT2D eigenvalue weighted by Crippen LogP contribution is 2.32. The molecule has 4 amide bonds. The van der Waals surface area contributed by atoms with E-state index >= 15 is 0 Å². The van der Waals surface area contributed by atoms with E-state index in [1.54, 1.807) is 6.92 Å². The number of nitrogens with zero attached hydrogens (tertiary/aromatic N) is 1. The second-order valence-electron chi connectivity index (χ2n) is 8.76. The molecule has 0 radical (unpaired) electrons. The molecule has 1 fully saturated rings. The van der Waals surface area contributed by atoms with Gasteiger partial charge in [-0.2, -0.15) is 0 Å². The van der Waals surface area contributed by atoms with E-state index in [1.807, 2.05) is 30.3 Å². The van der Waals surface area contributed by atoms with Gasteiger partial charge in [0.2, 0.25) is 23.6 Å². The van der Waals surface area contributed by atoms with Crippen LogP contribution in [0.4, 0.5) is 0 Å². The van der Waals surface area contributed by atoms with Crippen LogP contribution in [-0.4, -0.2) is 53.8 Å². The highest BCUT2D eigenvalue weighted by atomic mass is 16.2. The molecule has 0 heterocycles. The molecule has 1 aromatic rings. The minimum atomic E-state index is -1.01. The maximum Gasteiger partial charge on any atom is 0.246 e. The van der Waals surface area contributed by atoms with Crippen LogP contribution in [-0.2, 0) is 25.7 Å². The van der Waals surface area contributed by atoms with Crippen LogP contribution in [0.2, 0.25) is 0 Å². The van der Waals surface area contributed by atoms with Gasteiger partial charge in [0.25, 0.3) is 0 Å². The highest BCUT2D eigenvalue weighted by Gasteiger charge is 2.46. The van der Waals surface area contributed by atoms with Crippen LogP contribution >= 0.6 is 0 Å². The van der Waals surface area contributed by atoms with Gasteiger partial charge < -0.3 is 32.7 Å². The smallest absolute Gasteiger partial charge is 0.246 e. The largest absolute Gasteiger partial charge is 0.370 e. The minimum absolute atomic E-state index is 0.0600. The fourth-order valence-electron chi connectivity index (χ4n) is 3.88. The van der Waals surface area contributed by atoms with Crippen molar-refractivity contribution in [1.29, 1.82) is 0 Å². The molecule has 0 aromatic heterocycles. The summed E-state index contributed by atoms with van der Waals surface area (Å²) in [4.78, 5) is 54.4. The molecule has 1 aliphatic carbocycles. The number of nitrogens with one attached hydrogen (secondary N) is 4. The fraction of sp³-hybridized carbons (Fsp3) is 0.542. The average molecular weight is 488 g/mol. The second-order valence-corrected chi connectivity index (χ2v) is 8.76. The lowest BCUT2D eigenvalue weighted by atomic mass is 9.75. The standard InChI is InChI=1S/C24H37N7O4/c1-3-18(20(33)28-15-17-9-5-4-6-10-17)29-21(34)19(11-7-14-27-23(25)26)30-22(35)24(12-8-13-24)31-16(2)32/h4-6,9-10,18-19H,3,7-8,11-15H2,1-2H3,(H,28,33)(H,29,34)(H,30,35)(H,31,32)(H4,25,26,27)/t18-,19-/m0/s1. The summed E-state index contributed by atoms with van der Waals surface area (Å²) in [7, 11) is 0. The predicted molar refractivity (Wildman–Crippen MR) is 133 cm³/mol. The van der Waals surface area contributed by atoms with Gasteiger partial charge in [0.05, 0.1) is 0 Å². The van der Waals surface area contributed by atoms with Crippen molar-refractivity contribution < 1.29 is 19.2 Å². The van der Waals surface area contributed by atoms with Gasteiger partial charge in [0.15, 0.2) is 5.96 Å². The molecule has 0 saturated heterocycles. The first-order chi connectivity index (χ1) is 16.7. The summed E-state index contributed by atoms with van der Waals surface area (Å²) >= 11 is 0. The van der Waals surface area contributed by atoms with Crippen LogP contribution in [0.5, 0.6) is 0 Å². The molecule has 1 aliphatic rings. The molecule has 8 N–H and O–H groups in total. The van der Waals surface area contributed by atoms with Gasteiger partial charge in [0.1, 0.15) is 17.6 Å². The topological polar surface area (TPSA) is 181 Å². The number of hydrogen-bond donors (Lipinski definition) is 6. The lowest BCUT2D eigenvalue weighted by Crippen LogP contribution is -2.65. The van der Waals surface area contributed by atoms with E-state index in [2.05, 4.69) is 26.3 Å². The first-order valence-corrected chi connectivity index (χ1v) is 11.9. The molecule has 0 unspecified atom stereocenters. The molecule has 0 aliphatic heterocycles. The highest BCUT2D eigenvalue weighted by molar-refractivity contribution is 5.96. The Kier molecular flexibility index (Phi) is 10.5. The SMILES string of the molecule is CC[C@H](NC(=O)[C@H](CCCN=C(N)N)NC(=O)C1(NC(C)=O)CCC1)C(=O)NCc1ccccc1. The molecular formula is C24H37N7O4. The van der Waals surface area contributed by atoms with E-state index in [-0.39, 0.29) is 30.7 Å². The van der Waals surface area contributed by atoms with Crippen molar-refractivity contribution in [3.05, 3.63) is 35.9 Å². The molecular weight excluding hydrogens is 450 g/mol. The van der Waals surface area contributed by atoms with E-state index in [0.29, 0.717) is 32.2 Å². The van der Waals surface area contributed by atoms with Crippen molar-refractivity contribution in [3.8, 4) is 0 Å². The molecule has 0 spiro atoms. The zero-order chi connectivity index (χ0) is 25.8. The van der Waals surface area contributed by atoms with Crippen LogP contribution in [0.3, 0.4) is 0 Å². The van der Waals surface area contributed by atoms with Gasteiger partial charge in [-0.15, -0.1) is 0 Å². The van der Waals surface area contributed by atoms with E-state index in [0.717, 1.165) is 12.0 Å². The van der Waals surface area contributed by atoms with E-state index in [9.17, 15) is 19.2 Å². The molecule has 0 bridgehead atoms. The van der Waals surface area contributed by atoms with Crippen molar-refractivity contribution in [2.24, 2.45) is 16.5 Å². The van der Waals surface area contributed by atoms with E-state index < -0.39 is 29.4 Å². The third-order valence-electron chi connectivity index (χ3n) is 5.97. The summed E-state index contributed by atoms with van der Waals surface area (Å²) in [6.07, 6.45) is 2.86. The van der Waals surface area contributed by atoms with Crippen LogP contribution in [0.1, 0.15) is 57.9 Å². The van der Waals surface area contributed by atoms with Crippen LogP contribution in [0.15, 0.2) is 35.3 Å². The molecule has 1 aromatic carbocycles. The quantitative estimate of drug-likeness (QED) is 0.127. The summed E-state index contributed by atoms with van der Waals surface area (Å²) in [5, 5.41) is 11.1. The lowest BCUT2D eigenvalue weighted by Gasteiger charge is -2.41. The van der Waals surface area contributed by atoms with Gasteiger partial charge in [-0.3, -0.25) is 24.2 Å². The summed E-state index contributed by atoms with van der Waals surface area (Å²) < 4.78 is 0. The van der Waals surface area contributed by atoms with Crippen LogP contribution in [0, 0.1) is 0 Å². The molecule has 35 heavy (non-hydrogen) atoms. The number of hydrogen-bond acceptors (Lipinski definition) is 5. The molecule has 11 nitrogen and oxygen atoms in total. The van der Waals surface area contributed by atoms with Gasteiger partial charge >= 0.3 is 0 Å². The average Bonchev–Trinajstić information content (AvgIpc) is 2.80. The van der Waals surface area contributed by atoms with Crippen molar-refractivity contribution in [2.45, 2.75) is 76.5 Å². The van der Waals surface area contributed by atoms with E-state index in [1.165, 1.54) is 6.92 Å². The Morgan fingerprint density at radius 3 is 2.26 bits per heavy atom. The number of benzene rings is 1. The van der Waals surface area contributed by atoms with Crippen molar-refractivity contribution in [3.63, 3.8) is 0 Å². The zero-order valence-corrected chi connectivity index (χ0v) is 20.4. The number of carbonyl (C=O) groups excluding carboxylic acids is 4. The summed E-state index contributed by atoms with van der Waals surface area (Å²) in [5.74, 6) is -1.58. The number of amides is 4. The first kappa shape index (κ1) is 27.6. The Hall–Kier alpha value is -3.63. The van der Waals surface area contributed by atoms with Crippen molar-refractivity contribution in [1.82, 2.24) is 21.3 Å². The van der Waals surface area contributed by atoms with Gasteiger partial charge in [-0.1, -0.05) is 37.3 Å². The van der Waals surface area contributed by atoms with Crippen LogP contribution < -0.4 is 32.7 Å². The van der Waals surface area contributed by atoms with Crippen LogP contribution in [0.25, 0.3) is 0 Å². The molecule has 1 saturated carbocycles. The maximum atomic E-state index is 13.1. The van der Waals surface area contributed by atoms with Crippen molar-refractivity contribution >= 4 is 29.6 Å². The Labute approximate surface area is 205 Å². The first-order valence-electron chi connectivity index (χ1n) is 11.9. The number of nitrogens with two attached hydrogens (primary N) is 2. The molecule has 11 heteroatoms. The Morgan fingerprint density at radius 2 is 1.71 bits per heavy atom. The monoisotopic (exact) mass is 487 g/mol. The Bertz CT molecular complexity index is 912. The van der Waals surface area contributed by atoms with E-state index in [4.69, 9.17) is 11.5 Å². The number of aliphatic imine (C=N–C) groups is 1. The summed E-state index contributed by atoms with van der Waals surface area (Å²) in [6, 6.07) is 7.76. The lowest BCUT2D eigenvalue weighted by molar-refractivity contribution is -0.139. The predicted octanol–water partition coefficient (Wildman–Crippen LogP) is -0.205. The van der Waals surface area contributed by atoms with Gasteiger partial charge in [-0.05, 0) is 44.1 Å². The zero-order valence-electron chi connectivity index (χ0n) is 20.4. The molecule has 2 atom stereocenters. The normalized spacial score (nSPS) is 15.5. The number of rotatable bonds is 13. The third kappa shape index (κ3) is 8.58. The second kappa shape index (κ2) is 13.3. The third-order valence-corrected chi connectivity index (χ3v) is 5.97. The number of guanidine groups is 1. The Balaban J connectivity index is 2.04.